The number of carbonyl (C=O) groups excluding carboxylic acids is 1. The van der Waals surface area contributed by atoms with Gasteiger partial charge in [-0.2, -0.15) is 18.3 Å². The number of carbonyl (C=O) groups is 1. The van der Waals surface area contributed by atoms with Crippen molar-refractivity contribution in [3.05, 3.63) is 47.7 Å². The lowest BCUT2D eigenvalue weighted by Crippen LogP contribution is -2.14. The molecular formula is C21H24F3N7O. The van der Waals surface area contributed by atoms with Crippen LogP contribution in [-0.4, -0.2) is 36.8 Å². The number of rotatable bonds is 7. The Bertz CT molecular complexity index is 1130. The lowest BCUT2D eigenvalue weighted by molar-refractivity contribution is -0.141. The quantitative estimate of drug-likeness (QED) is 0.374. The third kappa shape index (κ3) is 4.41. The fraction of sp³-hybridized carbons (Fsp3) is 0.238. The van der Waals surface area contributed by atoms with Crippen molar-refractivity contribution in [3.8, 4) is 11.3 Å². The van der Waals surface area contributed by atoms with E-state index in [0.717, 1.165) is 27.8 Å². The predicted molar refractivity (Wildman–Crippen MR) is 121 cm³/mol. The number of hydrogen-bond donors (Lipinski definition) is 5. The molecule has 3 rings (SSSR count). The Labute approximate surface area is 183 Å². The number of amides is 1. The van der Waals surface area contributed by atoms with Crippen molar-refractivity contribution in [2.75, 3.05) is 42.4 Å². The molecule has 11 heteroatoms. The molecule has 0 bridgehead atoms. The molecule has 3 aromatic rings. The molecule has 0 spiro atoms. The molecule has 0 atom stereocenters. The first-order valence-electron chi connectivity index (χ1n) is 9.62. The molecule has 0 aliphatic rings. The van der Waals surface area contributed by atoms with Gasteiger partial charge in [0.2, 0.25) is 0 Å². The van der Waals surface area contributed by atoms with E-state index in [4.69, 9.17) is 5.73 Å². The van der Waals surface area contributed by atoms with Crippen molar-refractivity contribution < 1.29 is 18.0 Å². The summed E-state index contributed by atoms with van der Waals surface area (Å²) in [5.74, 6) is -0.726. The summed E-state index contributed by atoms with van der Waals surface area (Å²) in [5.41, 5.74) is 8.73. The molecule has 32 heavy (non-hydrogen) atoms. The SMILES string of the molecule is CNc1cc(NC)c(Nc2ccc(-c3cc(C(F)(F)F)nn3C)cc2C(N)=O)c(NC)c1. The summed E-state index contributed by atoms with van der Waals surface area (Å²) in [4.78, 5) is 12.2. The molecule has 2 aromatic carbocycles. The topological polar surface area (TPSA) is 109 Å². The summed E-state index contributed by atoms with van der Waals surface area (Å²) < 4.78 is 40.2. The first-order chi connectivity index (χ1) is 15.1. The van der Waals surface area contributed by atoms with Crippen LogP contribution < -0.4 is 27.0 Å². The van der Waals surface area contributed by atoms with Crippen LogP contribution in [-0.2, 0) is 13.2 Å². The highest BCUT2D eigenvalue weighted by atomic mass is 19.4. The van der Waals surface area contributed by atoms with Gasteiger partial charge < -0.3 is 27.0 Å². The van der Waals surface area contributed by atoms with Gasteiger partial charge in [0.05, 0.1) is 34.0 Å². The molecular weight excluding hydrogens is 423 g/mol. The number of benzene rings is 2. The second-order valence-electron chi connectivity index (χ2n) is 6.98. The summed E-state index contributed by atoms with van der Waals surface area (Å²) in [5, 5.41) is 16.0. The molecule has 0 unspecified atom stereocenters. The van der Waals surface area contributed by atoms with Crippen LogP contribution in [0.25, 0.3) is 11.3 Å². The minimum atomic E-state index is -4.57. The fourth-order valence-electron chi connectivity index (χ4n) is 3.34. The molecule has 170 valence electrons. The van der Waals surface area contributed by atoms with Crippen molar-refractivity contribution >= 4 is 34.3 Å². The molecule has 0 saturated heterocycles. The van der Waals surface area contributed by atoms with E-state index in [1.165, 1.54) is 13.1 Å². The zero-order valence-electron chi connectivity index (χ0n) is 18.0. The van der Waals surface area contributed by atoms with E-state index >= 15 is 0 Å². The maximum atomic E-state index is 13.0. The van der Waals surface area contributed by atoms with Crippen LogP contribution in [0.5, 0.6) is 0 Å². The van der Waals surface area contributed by atoms with Gasteiger partial charge in [0.1, 0.15) is 0 Å². The van der Waals surface area contributed by atoms with Crippen molar-refractivity contribution in [3.63, 3.8) is 0 Å². The van der Waals surface area contributed by atoms with Crippen LogP contribution in [0.1, 0.15) is 16.1 Å². The van der Waals surface area contributed by atoms with E-state index in [0.29, 0.717) is 16.9 Å². The average Bonchev–Trinajstić information content (AvgIpc) is 3.16. The first kappa shape index (κ1) is 22.8. The molecule has 0 radical (unpaired) electrons. The predicted octanol–water partition coefficient (Wildman–Crippen LogP) is 4.07. The third-order valence-corrected chi connectivity index (χ3v) is 4.98. The van der Waals surface area contributed by atoms with Gasteiger partial charge in [-0.3, -0.25) is 9.48 Å². The Kier molecular flexibility index (Phi) is 6.19. The van der Waals surface area contributed by atoms with Crippen molar-refractivity contribution in [2.45, 2.75) is 6.18 Å². The number of alkyl halides is 3. The zero-order chi connectivity index (χ0) is 23.6. The number of hydrogen-bond acceptors (Lipinski definition) is 6. The van der Waals surface area contributed by atoms with Gasteiger partial charge in [-0.1, -0.05) is 6.07 Å². The minimum absolute atomic E-state index is 0.124. The van der Waals surface area contributed by atoms with Crippen LogP contribution in [0.15, 0.2) is 36.4 Å². The summed E-state index contributed by atoms with van der Waals surface area (Å²) in [7, 11) is 6.73. The number of primary amides is 1. The van der Waals surface area contributed by atoms with Gasteiger partial charge in [0.25, 0.3) is 5.91 Å². The van der Waals surface area contributed by atoms with Gasteiger partial charge in [-0.25, -0.2) is 0 Å². The normalized spacial score (nSPS) is 11.2. The van der Waals surface area contributed by atoms with Crippen LogP contribution in [0.3, 0.4) is 0 Å². The molecule has 1 amide bonds. The summed E-state index contributed by atoms with van der Waals surface area (Å²) in [6, 6.07) is 9.35. The van der Waals surface area contributed by atoms with Crippen LogP contribution in [0, 0.1) is 0 Å². The largest absolute Gasteiger partial charge is 0.435 e. The lowest BCUT2D eigenvalue weighted by Gasteiger charge is -2.20. The number of halogens is 3. The van der Waals surface area contributed by atoms with Crippen molar-refractivity contribution in [2.24, 2.45) is 12.8 Å². The maximum Gasteiger partial charge on any atom is 0.435 e. The number of aryl methyl sites for hydroxylation is 1. The van der Waals surface area contributed by atoms with E-state index in [1.807, 2.05) is 12.1 Å². The smallest absolute Gasteiger partial charge is 0.388 e. The van der Waals surface area contributed by atoms with Crippen molar-refractivity contribution in [1.29, 1.82) is 0 Å². The fourth-order valence-corrected chi connectivity index (χ4v) is 3.34. The van der Waals surface area contributed by atoms with Gasteiger partial charge in [0.15, 0.2) is 5.69 Å². The summed E-state index contributed by atoms with van der Waals surface area (Å²) in [6.07, 6.45) is -4.57. The molecule has 6 N–H and O–H groups in total. The molecule has 0 saturated carbocycles. The van der Waals surface area contributed by atoms with Crippen LogP contribution >= 0.6 is 0 Å². The average molecular weight is 447 g/mol. The molecule has 1 aromatic heterocycles. The Balaban J connectivity index is 2.08. The highest BCUT2D eigenvalue weighted by Crippen LogP contribution is 2.38. The number of nitrogens with zero attached hydrogens (tertiary/aromatic N) is 2. The van der Waals surface area contributed by atoms with Crippen LogP contribution in [0.4, 0.5) is 41.6 Å². The molecule has 8 nitrogen and oxygen atoms in total. The van der Waals surface area contributed by atoms with Gasteiger partial charge in [0, 0.05) is 39.4 Å². The first-order valence-corrected chi connectivity index (χ1v) is 9.62. The van der Waals surface area contributed by atoms with E-state index in [2.05, 4.69) is 26.4 Å². The number of nitrogens with one attached hydrogen (secondary N) is 4. The number of anilines is 5. The Morgan fingerprint density at radius 3 is 2.06 bits per heavy atom. The molecule has 0 fully saturated rings. The Morgan fingerprint density at radius 2 is 1.59 bits per heavy atom. The summed E-state index contributed by atoms with van der Waals surface area (Å²) in [6.45, 7) is 0. The molecule has 1 heterocycles. The highest BCUT2D eigenvalue weighted by Gasteiger charge is 2.34. The minimum Gasteiger partial charge on any atom is -0.388 e. The Hall–Kier alpha value is -3.89. The summed E-state index contributed by atoms with van der Waals surface area (Å²) >= 11 is 0. The van der Waals surface area contributed by atoms with E-state index < -0.39 is 17.8 Å². The lowest BCUT2D eigenvalue weighted by atomic mass is 10.0. The second-order valence-corrected chi connectivity index (χ2v) is 6.98. The maximum absolute atomic E-state index is 13.0. The van der Waals surface area contributed by atoms with Crippen molar-refractivity contribution in [1.82, 2.24) is 9.78 Å². The zero-order valence-corrected chi connectivity index (χ0v) is 18.0. The standard InChI is InChI=1S/C21H24F3N7O/c1-26-12-8-15(27-2)19(16(9-12)28-3)29-14-6-5-11(7-13(14)20(25)32)17-10-18(21(22,23)24)30-31(17)4/h5-10,26-29H,1-4H3,(H2,25,32). The van der Waals surface area contributed by atoms with E-state index in [9.17, 15) is 18.0 Å². The molecule has 0 aliphatic heterocycles. The van der Waals surface area contributed by atoms with Gasteiger partial charge >= 0.3 is 6.18 Å². The Morgan fingerprint density at radius 1 is 0.969 bits per heavy atom. The molecule has 0 aliphatic carbocycles. The highest BCUT2D eigenvalue weighted by molar-refractivity contribution is 6.02. The number of nitrogens with two attached hydrogens (primary N) is 1. The van der Waals surface area contributed by atoms with E-state index in [-0.39, 0.29) is 11.3 Å². The van der Waals surface area contributed by atoms with Crippen LogP contribution in [0.2, 0.25) is 0 Å². The monoisotopic (exact) mass is 447 g/mol. The third-order valence-electron chi connectivity index (χ3n) is 4.98. The van der Waals surface area contributed by atoms with E-state index in [1.54, 1.807) is 33.3 Å². The van der Waals surface area contributed by atoms with Gasteiger partial charge in [-0.15, -0.1) is 0 Å². The van der Waals surface area contributed by atoms with Gasteiger partial charge in [-0.05, 0) is 30.3 Å². The second kappa shape index (κ2) is 8.69. The number of aromatic nitrogens is 2.